The van der Waals surface area contributed by atoms with Crippen molar-refractivity contribution in [3.8, 4) is 55.6 Å². The zero-order chi connectivity index (χ0) is 36.3. The summed E-state index contributed by atoms with van der Waals surface area (Å²) in [6.45, 7) is 0. The highest BCUT2D eigenvalue weighted by molar-refractivity contribution is 6.23. The van der Waals surface area contributed by atoms with Gasteiger partial charge in [0.1, 0.15) is 11.2 Å². The van der Waals surface area contributed by atoms with Crippen LogP contribution in [0.2, 0.25) is 0 Å². The van der Waals surface area contributed by atoms with Crippen LogP contribution in [0.15, 0.2) is 211 Å². The molecule has 1 aromatic heterocycles. The maximum absolute atomic E-state index is 6.20. The van der Waals surface area contributed by atoms with Gasteiger partial charge in [0.25, 0.3) is 0 Å². The zero-order valence-corrected chi connectivity index (χ0v) is 30.0. The van der Waals surface area contributed by atoms with Gasteiger partial charge in [0.05, 0.1) is 0 Å². The van der Waals surface area contributed by atoms with Gasteiger partial charge in [-0.1, -0.05) is 164 Å². The molecule has 0 aliphatic heterocycles. The summed E-state index contributed by atoms with van der Waals surface area (Å²) < 4.78 is 6.20. The zero-order valence-electron chi connectivity index (χ0n) is 30.0. The van der Waals surface area contributed by atoms with E-state index in [-0.39, 0.29) is 0 Å². The number of para-hydroxylation sites is 1. The van der Waals surface area contributed by atoms with Gasteiger partial charge in [-0.25, -0.2) is 0 Å². The molecule has 0 aliphatic rings. The fourth-order valence-corrected chi connectivity index (χ4v) is 8.64. The van der Waals surface area contributed by atoms with Crippen molar-refractivity contribution in [2.75, 3.05) is 0 Å². The number of hydrogen-bond donors (Lipinski definition) is 0. The second kappa shape index (κ2) is 12.7. The molecule has 256 valence electrons. The smallest absolute Gasteiger partial charge is 0.135 e. The topological polar surface area (TPSA) is 13.1 Å². The van der Waals surface area contributed by atoms with E-state index in [0.29, 0.717) is 0 Å². The predicted octanol–water partition coefficient (Wildman–Crippen LogP) is 15.4. The van der Waals surface area contributed by atoms with Crippen molar-refractivity contribution < 1.29 is 4.42 Å². The van der Waals surface area contributed by atoms with Gasteiger partial charge in [-0.05, 0) is 130 Å². The molecule has 0 atom stereocenters. The summed E-state index contributed by atoms with van der Waals surface area (Å²) in [5.74, 6) is 0. The number of furan rings is 1. The van der Waals surface area contributed by atoms with Crippen molar-refractivity contribution in [3.63, 3.8) is 0 Å². The summed E-state index contributed by atoms with van der Waals surface area (Å²) in [7, 11) is 0. The first-order valence-electron chi connectivity index (χ1n) is 18.9. The lowest BCUT2D eigenvalue weighted by atomic mass is 9.82. The highest BCUT2D eigenvalue weighted by atomic mass is 16.3. The molecule has 0 saturated heterocycles. The van der Waals surface area contributed by atoms with Crippen molar-refractivity contribution in [1.29, 1.82) is 0 Å². The van der Waals surface area contributed by atoms with E-state index >= 15 is 0 Å². The van der Waals surface area contributed by atoms with Crippen LogP contribution in [0, 0.1) is 0 Å². The minimum absolute atomic E-state index is 0.908. The van der Waals surface area contributed by atoms with Crippen molar-refractivity contribution in [3.05, 3.63) is 206 Å². The summed E-state index contributed by atoms with van der Waals surface area (Å²) in [6, 6.07) is 75.0. The lowest BCUT2D eigenvalue weighted by Crippen LogP contribution is -1.94. The number of benzene rings is 10. The molecule has 0 bridgehead atoms. The maximum atomic E-state index is 6.20. The third kappa shape index (κ3) is 5.24. The monoisotopic (exact) mass is 698 g/mol. The van der Waals surface area contributed by atoms with Gasteiger partial charge in [0.15, 0.2) is 0 Å². The average Bonchev–Trinajstić information content (AvgIpc) is 3.64. The molecule has 10 aromatic carbocycles. The SMILES string of the molecule is c1ccc(-c2cc3ccccc3cc2-c2ccc3c(c2)c(-c2ccccc2)c(-c2ccccc2)c2cc(-c4ccc5oc6ccccc6c5c4)ccc23)cc1. The normalized spacial score (nSPS) is 11.6. The summed E-state index contributed by atoms with van der Waals surface area (Å²) in [5, 5.41) is 9.69. The molecule has 0 aliphatic carbocycles. The first kappa shape index (κ1) is 31.3. The van der Waals surface area contributed by atoms with Crippen LogP contribution >= 0.6 is 0 Å². The van der Waals surface area contributed by atoms with E-state index in [2.05, 4.69) is 194 Å². The fraction of sp³-hybridized carbons (Fsp3) is 0. The highest BCUT2D eigenvalue weighted by Crippen LogP contribution is 2.47. The predicted molar refractivity (Wildman–Crippen MR) is 233 cm³/mol. The van der Waals surface area contributed by atoms with E-state index in [1.807, 2.05) is 12.1 Å². The van der Waals surface area contributed by atoms with Crippen LogP contribution in [-0.4, -0.2) is 0 Å². The Balaban J connectivity index is 1.22. The van der Waals surface area contributed by atoms with Crippen LogP contribution in [0.3, 0.4) is 0 Å². The van der Waals surface area contributed by atoms with E-state index in [1.165, 1.54) is 88.0 Å². The molecule has 11 rings (SSSR count). The van der Waals surface area contributed by atoms with Gasteiger partial charge < -0.3 is 4.42 Å². The second-order valence-corrected chi connectivity index (χ2v) is 14.4. The lowest BCUT2D eigenvalue weighted by Gasteiger charge is -2.21. The van der Waals surface area contributed by atoms with E-state index in [9.17, 15) is 0 Å². The Morgan fingerprint density at radius 1 is 0.236 bits per heavy atom. The lowest BCUT2D eigenvalue weighted by molar-refractivity contribution is 0.669. The van der Waals surface area contributed by atoms with Crippen molar-refractivity contribution in [2.45, 2.75) is 0 Å². The van der Waals surface area contributed by atoms with Gasteiger partial charge >= 0.3 is 0 Å². The number of fused-ring (bicyclic) bond motifs is 7. The molecule has 1 heterocycles. The third-order valence-electron chi connectivity index (χ3n) is 11.2. The van der Waals surface area contributed by atoms with Gasteiger partial charge in [-0.3, -0.25) is 0 Å². The number of hydrogen-bond acceptors (Lipinski definition) is 1. The standard InChI is InChI=1S/C54H34O/c1-4-14-35(15-5-1)46-30-38-20-10-11-21-39(38)31-47(46)42-25-28-44-43-27-24-40(41-26-29-52-48(32-41)45-22-12-13-23-51(45)55-52)33-49(43)53(36-16-6-2-7-17-36)54(50(44)34-42)37-18-8-3-9-19-37/h1-34H. The van der Waals surface area contributed by atoms with Crippen LogP contribution < -0.4 is 0 Å². The quantitative estimate of drug-likeness (QED) is 0.163. The first-order chi connectivity index (χ1) is 27.3. The van der Waals surface area contributed by atoms with Crippen LogP contribution in [0.5, 0.6) is 0 Å². The summed E-state index contributed by atoms with van der Waals surface area (Å²) >= 11 is 0. The summed E-state index contributed by atoms with van der Waals surface area (Å²) in [4.78, 5) is 0. The van der Waals surface area contributed by atoms with Crippen LogP contribution in [-0.2, 0) is 0 Å². The van der Waals surface area contributed by atoms with Gasteiger partial charge in [-0.15, -0.1) is 0 Å². The van der Waals surface area contributed by atoms with E-state index in [1.54, 1.807) is 0 Å². The molecule has 0 unspecified atom stereocenters. The van der Waals surface area contributed by atoms with E-state index < -0.39 is 0 Å². The Labute approximate surface area is 319 Å². The first-order valence-corrected chi connectivity index (χ1v) is 18.9. The van der Waals surface area contributed by atoms with Crippen LogP contribution in [0.25, 0.3) is 110 Å². The van der Waals surface area contributed by atoms with Gasteiger partial charge in [0, 0.05) is 10.8 Å². The minimum Gasteiger partial charge on any atom is -0.456 e. The van der Waals surface area contributed by atoms with Crippen molar-refractivity contribution in [2.24, 2.45) is 0 Å². The molecule has 0 spiro atoms. The largest absolute Gasteiger partial charge is 0.456 e. The molecule has 0 fully saturated rings. The molecular formula is C54H34O. The molecule has 0 saturated carbocycles. The molecule has 1 nitrogen and oxygen atoms in total. The molecule has 0 amide bonds. The minimum atomic E-state index is 0.908. The van der Waals surface area contributed by atoms with E-state index in [4.69, 9.17) is 4.42 Å². The maximum Gasteiger partial charge on any atom is 0.135 e. The Bertz CT molecular complexity index is 3230. The van der Waals surface area contributed by atoms with Crippen molar-refractivity contribution >= 4 is 54.3 Å². The molecule has 1 heteroatoms. The third-order valence-corrected chi connectivity index (χ3v) is 11.2. The highest BCUT2D eigenvalue weighted by Gasteiger charge is 2.20. The summed E-state index contributed by atoms with van der Waals surface area (Å²) in [5.41, 5.74) is 13.9. The molecule has 55 heavy (non-hydrogen) atoms. The molecule has 0 radical (unpaired) electrons. The Morgan fingerprint density at radius 3 is 1.29 bits per heavy atom. The molecule has 0 N–H and O–H groups in total. The molecule has 11 aromatic rings. The van der Waals surface area contributed by atoms with Gasteiger partial charge in [-0.2, -0.15) is 0 Å². The van der Waals surface area contributed by atoms with Crippen LogP contribution in [0.4, 0.5) is 0 Å². The van der Waals surface area contributed by atoms with Crippen LogP contribution in [0.1, 0.15) is 0 Å². The van der Waals surface area contributed by atoms with Gasteiger partial charge in [0.2, 0.25) is 0 Å². The number of rotatable bonds is 5. The van der Waals surface area contributed by atoms with E-state index in [0.717, 1.165) is 21.9 Å². The molecular weight excluding hydrogens is 665 g/mol. The second-order valence-electron chi connectivity index (χ2n) is 14.4. The Kier molecular flexibility index (Phi) is 7.25. The Morgan fingerprint density at radius 2 is 0.673 bits per heavy atom. The Hall–Kier alpha value is -7.22. The van der Waals surface area contributed by atoms with Crippen molar-refractivity contribution in [1.82, 2.24) is 0 Å². The average molecular weight is 699 g/mol. The summed E-state index contributed by atoms with van der Waals surface area (Å²) in [6.07, 6.45) is 0. The fourth-order valence-electron chi connectivity index (χ4n) is 8.64.